The quantitative estimate of drug-likeness (QED) is 0.439. The summed E-state index contributed by atoms with van der Waals surface area (Å²) in [6.45, 7) is 6.46. The molecule has 4 N–H and O–H groups in total. The standard InChI is InChI=1S/2C6H11NO.C2H2O4/c2*1-3-7-5-6(1)2-4-8-6;3-1(4)2(5)6/h2*7H,1-5H2;(H,3,4)(H,5,6)/t2*6-;/m11./s1. The summed E-state index contributed by atoms with van der Waals surface area (Å²) in [6.07, 6.45) is 5.01. The van der Waals surface area contributed by atoms with Gasteiger partial charge in [0.1, 0.15) is 0 Å². The van der Waals surface area contributed by atoms with Crippen LogP contribution in [0.1, 0.15) is 25.7 Å². The molecule has 126 valence electrons. The normalized spacial score (nSPS) is 34.7. The highest BCUT2D eigenvalue weighted by atomic mass is 16.5. The summed E-state index contributed by atoms with van der Waals surface area (Å²) in [7, 11) is 0. The highest BCUT2D eigenvalue weighted by Gasteiger charge is 2.41. The number of carbonyl (C=O) groups is 2. The molecule has 4 aliphatic rings. The molecule has 0 unspecified atom stereocenters. The maximum absolute atomic E-state index is 9.10. The first-order valence-electron chi connectivity index (χ1n) is 7.63. The molecule has 0 aromatic rings. The van der Waals surface area contributed by atoms with E-state index < -0.39 is 11.9 Å². The van der Waals surface area contributed by atoms with Gasteiger partial charge >= 0.3 is 11.9 Å². The van der Waals surface area contributed by atoms with Gasteiger partial charge in [-0.2, -0.15) is 0 Å². The fraction of sp³-hybridized carbons (Fsp3) is 0.857. The van der Waals surface area contributed by atoms with E-state index in [1.54, 1.807) is 0 Å². The molecule has 22 heavy (non-hydrogen) atoms. The lowest BCUT2D eigenvalue weighted by Crippen LogP contribution is -2.45. The SMILES string of the molecule is C1C[C@@]2(CCO2)CN1.C1C[C@@]2(CCO2)CN1.O=C(O)C(=O)O. The number of aliphatic carboxylic acids is 2. The van der Waals surface area contributed by atoms with Gasteiger partial charge in [0, 0.05) is 25.9 Å². The van der Waals surface area contributed by atoms with Crippen LogP contribution in [0, 0.1) is 0 Å². The summed E-state index contributed by atoms with van der Waals surface area (Å²) in [6, 6.07) is 0. The average Bonchev–Trinajstić information content (AvgIpc) is 3.08. The van der Waals surface area contributed by atoms with Gasteiger partial charge in [-0.05, 0) is 25.9 Å². The smallest absolute Gasteiger partial charge is 0.414 e. The second-order valence-electron chi connectivity index (χ2n) is 6.03. The number of nitrogens with one attached hydrogen (secondary N) is 2. The molecule has 4 fully saturated rings. The molecule has 4 saturated heterocycles. The predicted octanol–water partition coefficient (Wildman–Crippen LogP) is -0.567. The number of hydrogen-bond donors (Lipinski definition) is 4. The zero-order chi connectivity index (χ0) is 16.1. The van der Waals surface area contributed by atoms with Gasteiger partial charge in [-0.25, -0.2) is 9.59 Å². The van der Waals surface area contributed by atoms with Crippen LogP contribution in [0.3, 0.4) is 0 Å². The molecule has 0 saturated carbocycles. The van der Waals surface area contributed by atoms with Gasteiger partial charge in [-0.15, -0.1) is 0 Å². The van der Waals surface area contributed by atoms with Crippen molar-refractivity contribution < 1.29 is 29.3 Å². The summed E-state index contributed by atoms with van der Waals surface area (Å²) in [4.78, 5) is 18.2. The number of carboxylic acids is 2. The van der Waals surface area contributed by atoms with E-state index in [2.05, 4.69) is 10.6 Å². The Hall–Kier alpha value is -1.22. The Morgan fingerprint density at radius 1 is 0.773 bits per heavy atom. The van der Waals surface area contributed by atoms with E-state index in [4.69, 9.17) is 29.3 Å². The lowest BCUT2D eigenvalue weighted by molar-refractivity contribution is -0.159. The summed E-state index contributed by atoms with van der Waals surface area (Å²) < 4.78 is 10.8. The van der Waals surface area contributed by atoms with Crippen LogP contribution in [0.4, 0.5) is 0 Å². The summed E-state index contributed by atoms with van der Waals surface area (Å²) in [5.74, 6) is -3.65. The summed E-state index contributed by atoms with van der Waals surface area (Å²) in [5.41, 5.74) is 0.611. The number of rotatable bonds is 0. The van der Waals surface area contributed by atoms with Crippen molar-refractivity contribution in [2.24, 2.45) is 0 Å². The maximum Gasteiger partial charge on any atom is 0.414 e. The highest BCUT2D eigenvalue weighted by molar-refractivity contribution is 6.27. The molecule has 0 aromatic heterocycles. The molecule has 8 heteroatoms. The molecule has 4 heterocycles. The fourth-order valence-electron chi connectivity index (χ4n) is 2.90. The van der Waals surface area contributed by atoms with E-state index in [9.17, 15) is 0 Å². The monoisotopic (exact) mass is 316 g/mol. The second-order valence-corrected chi connectivity index (χ2v) is 6.03. The molecule has 8 nitrogen and oxygen atoms in total. The van der Waals surface area contributed by atoms with Crippen LogP contribution >= 0.6 is 0 Å². The molecule has 0 amide bonds. The van der Waals surface area contributed by atoms with E-state index in [-0.39, 0.29) is 0 Å². The minimum absolute atomic E-state index is 0.306. The van der Waals surface area contributed by atoms with Gasteiger partial charge in [0.05, 0.1) is 24.4 Å². The van der Waals surface area contributed by atoms with Gasteiger partial charge in [-0.1, -0.05) is 0 Å². The van der Waals surface area contributed by atoms with Crippen LogP contribution in [-0.2, 0) is 19.1 Å². The second kappa shape index (κ2) is 7.36. The largest absolute Gasteiger partial charge is 0.473 e. The van der Waals surface area contributed by atoms with Gasteiger partial charge in [0.25, 0.3) is 0 Å². The minimum atomic E-state index is -1.82. The van der Waals surface area contributed by atoms with Crippen LogP contribution < -0.4 is 10.6 Å². The molecule has 2 spiro atoms. The van der Waals surface area contributed by atoms with Crippen LogP contribution in [0.25, 0.3) is 0 Å². The van der Waals surface area contributed by atoms with Crippen molar-refractivity contribution in [3.63, 3.8) is 0 Å². The first-order valence-corrected chi connectivity index (χ1v) is 7.63. The lowest BCUT2D eigenvalue weighted by Gasteiger charge is -2.37. The molecular formula is C14H24N2O6. The zero-order valence-corrected chi connectivity index (χ0v) is 12.6. The van der Waals surface area contributed by atoms with Crippen LogP contribution in [-0.4, -0.2) is 72.7 Å². The molecule has 0 bridgehead atoms. The van der Waals surface area contributed by atoms with Crippen molar-refractivity contribution in [3.05, 3.63) is 0 Å². The van der Waals surface area contributed by atoms with Gasteiger partial charge in [0.15, 0.2) is 0 Å². The Kier molecular flexibility index (Phi) is 5.74. The van der Waals surface area contributed by atoms with E-state index in [1.807, 2.05) is 0 Å². The van der Waals surface area contributed by atoms with E-state index in [0.29, 0.717) is 11.2 Å². The predicted molar refractivity (Wildman–Crippen MR) is 76.8 cm³/mol. The third kappa shape index (κ3) is 4.39. The third-order valence-electron chi connectivity index (χ3n) is 4.52. The van der Waals surface area contributed by atoms with Crippen LogP contribution in [0.15, 0.2) is 0 Å². The van der Waals surface area contributed by atoms with Gasteiger partial charge in [0.2, 0.25) is 0 Å². The summed E-state index contributed by atoms with van der Waals surface area (Å²) >= 11 is 0. The van der Waals surface area contributed by atoms with Gasteiger partial charge in [-0.3, -0.25) is 0 Å². The Morgan fingerprint density at radius 2 is 1.14 bits per heavy atom. The maximum atomic E-state index is 9.10. The number of carboxylic acid groups (broad SMARTS) is 2. The first kappa shape index (κ1) is 17.1. The number of hydrogen-bond acceptors (Lipinski definition) is 6. The van der Waals surface area contributed by atoms with Crippen LogP contribution in [0.2, 0.25) is 0 Å². The molecule has 0 aliphatic carbocycles. The molecule has 0 radical (unpaired) electrons. The van der Waals surface area contributed by atoms with Crippen molar-refractivity contribution in [3.8, 4) is 0 Å². The first-order chi connectivity index (χ1) is 10.5. The average molecular weight is 316 g/mol. The lowest BCUT2D eigenvalue weighted by atomic mass is 9.94. The Bertz CT molecular complexity index is 352. The minimum Gasteiger partial charge on any atom is -0.473 e. The molecule has 4 rings (SSSR count). The van der Waals surface area contributed by atoms with E-state index in [0.717, 1.165) is 39.4 Å². The Balaban J connectivity index is 0.000000123. The summed E-state index contributed by atoms with van der Waals surface area (Å²) in [5, 5.41) is 21.4. The number of ether oxygens (including phenoxy) is 2. The van der Waals surface area contributed by atoms with Crippen molar-refractivity contribution in [1.82, 2.24) is 10.6 Å². The Labute approximate surface area is 129 Å². The third-order valence-corrected chi connectivity index (χ3v) is 4.52. The van der Waals surface area contributed by atoms with Gasteiger partial charge < -0.3 is 30.3 Å². The molecular weight excluding hydrogens is 292 g/mol. The van der Waals surface area contributed by atoms with E-state index in [1.165, 1.54) is 25.7 Å². The molecule has 4 aliphatic heterocycles. The van der Waals surface area contributed by atoms with Crippen molar-refractivity contribution in [2.45, 2.75) is 36.9 Å². The molecule has 0 aromatic carbocycles. The van der Waals surface area contributed by atoms with Crippen molar-refractivity contribution in [2.75, 3.05) is 39.4 Å². The highest BCUT2D eigenvalue weighted by Crippen LogP contribution is 2.32. The fourth-order valence-corrected chi connectivity index (χ4v) is 2.90. The van der Waals surface area contributed by atoms with E-state index >= 15 is 0 Å². The Morgan fingerprint density at radius 3 is 1.23 bits per heavy atom. The van der Waals surface area contributed by atoms with Crippen molar-refractivity contribution in [1.29, 1.82) is 0 Å². The topological polar surface area (TPSA) is 117 Å². The van der Waals surface area contributed by atoms with Crippen LogP contribution in [0.5, 0.6) is 0 Å². The van der Waals surface area contributed by atoms with Crippen molar-refractivity contribution >= 4 is 11.9 Å². The zero-order valence-electron chi connectivity index (χ0n) is 12.6. The molecule has 2 atom stereocenters.